The third-order valence-electron chi connectivity index (χ3n) is 1.96. The topological polar surface area (TPSA) is 43.1 Å². The van der Waals surface area contributed by atoms with E-state index in [1.807, 2.05) is 35.7 Å². The van der Waals surface area contributed by atoms with Crippen molar-refractivity contribution in [1.82, 2.24) is 0 Å². The van der Waals surface area contributed by atoms with Crippen LogP contribution in [0.15, 0.2) is 46.2 Å². The summed E-state index contributed by atoms with van der Waals surface area (Å²) in [6, 6.07) is 7.91. The number of amides is 1. The lowest BCUT2D eigenvalue weighted by Gasteiger charge is -1.99. The van der Waals surface area contributed by atoms with Crippen LogP contribution < -0.4 is 5.73 Å². The molecule has 0 saturated carbocycles. The van der Waals surface area contributed by atoms with Gasteiger partial charge in [-0.15, -0.1) is 0 Å². The Morgan fingerprint density at radius 2 is 2.07 bits per heavy atom. The number of nitrogens with two attached hydrogens (primary N) is 1. The van der Waals surface area contributed by atoms with Gasteiger partial charge in [-0.25, -0.2) is 0 Å². The van der Waals surface area contributed by atoms with Gasteiger partial charge in [-0.3, -0.25) is 4.79 Å². The number of hydrogen-bond donors (Lipinski definition) is 1. The molecular weight excluding hydrogens is 194 g/mol. The fraction of sp³-hybridized carbons (Fsp3) is 0. The minimum Gasteiger partial charge on any atom is -0.366 e. The molecule has 0 aromatic heterocycles. The molecule has 1 heterocycles. The Labute approximate surface area is 86.5 Å². The van der Waals surface area contributed by atoms with Crippen molar-refractivity contribution in [2.75, 3.05) is 0 Å². The lowest BCUT2D eigenvalue weighted by atomic mass is 10.1. The molecule has 14 heavy (non-hydrogen) atoms. The first-order chi connectivity index (χ1) is 6.77. The number of benzene rings is 1. The van der Waals surface area contributed by atoms with Crippen LogP contribution in [-0.4, -0.2) is 5.91 Å². The zero-order valence-corrected chi connectivity index (χ0v) is 8.25. The van der Waals surface area contributed by atoms with Crippen LogP contribution in [-0.2, 0) is 4.79 Å². The molecule has 3 heteroatoms. The zero-order chi connectivity index (χ0) is 9.97. The molecule has 1 aromatic carbocycles. The van der Waals surface area contributed by atoms with Gasteiger partial charge in [-0.1, -0.05) is 30.0 Å². The Kier molecular flexibility index (Phi) is 2.41. The highest BCUT2D eigenvalue weighted by Gasteiger charge is 2.07. The van der Waals surface area contributed by atoms with Gasteiger partial charge in [-0.2, -0.15) is 0 Å². The van der Waals surface area contributed by atoms with Crippen LogP contribution in [0.1, 0.15) is 5.56 Å². The minimum atomic E-state index is -0.390. The maximum absolute atomic E-state index is 11.0. The molecule has 0 bridgehead atoms. The lowest BCUT2D eigenvalue weighted by molar-refractivity contribution is -0.114. The van der Waals surface area contributed by atoms with E-state index in [1.165, 1.54) is 0 Å². The highest BCUT2D eigenvalue weighted by atomic mass is 32.2. The van der Waals surface area contributed by atoms with Crippen LogP contribution >= 0.6 is 11.8 Å². The number of rotatable bonds is 1. The monoisotopic (exact) mass is 203 g/mol. The Bertz CT molecular complexity index is 435. The molecule has 0 atom stereocenters. The van der Waals surface area contributed by atoms with E-state index in [4.69, 9.17) is 5.73 Å². The van der Waals surface area contributed by atoms with Gasteiger partial charge >= 0.3 is 0 Å². The Hall–Kier alpha value is -1.48. The molecule has 70 valence electrons. The van der Waals surface area contributed by atoms with Crippen LogP contribution in [0, 0.1) is 0 Å². The summed E-state index contributed by atoms with van der Waals surface area (Å²) >= 11 is 1.59. The van der Waals surface area contributed by atoms with Gasteiger partial charge in [0.15, 0.2) is 0 Å². The third-order valence-corrected chi connectivity index (χ3v) is 2.86. The Morgan fingerprint density at radius 1 is 1.29 bits per heavy atom. The summed E-state index contributed by atoms with van der Waals surface area (Å²) in [6.45, 7) is 0. The zero-order valence-electron chi connectivity index (χ0n) is 7.44. The van der Waals surface area contributed by atoms with Crippen molar-refractivity contribution < 1.29 is 4.79 Å². The number of carbonyl (C=O) groups is 1. The number of thioether (sulfide) groups is 1. The van der Waals surface area contributed by atoms with Crippen molar-refractivity contribution >= 4 is 23.7 Å². The van der Waals surface area contributed by atoms with Gasteiger partial charge in [0.05, 0.1) is 0 Å². The molecule has 2 N–H and O–H groups in total. The smallest absolute Gasteiger partial charge is 0.248 e. The van der Waals surface area contributed by atoms with E-state index in [-0.39, 0.29) is 0 Å². The molecule has 2 nitrogen and oxygen atoms in total. The first kappa shape index (κ1) is 9.09. The van der Waals surface area contributed by atoms with E-state index in [0.29, 0.717) is 5.57 Å². The molecule has 0 fully saturated rings. The van der Waals surface area contributed by atoms with Crippen molar-refractivity contribution in [3.8, 4) is 0 Å². The van der Waals surface area contributed by atoms with Gasteiger partial charge in [0, 0.05) is 10.5 Å². The highest BCUT2D eigenvalue weighted by Crippen LogP contribution is 2.28. The number of hydrogen-bond acceptors (Lipinski definition) is 2. The van der Waals surface area contributed by atoms with Crippen molar-refractivity contribution in [1.29, 1.82) is 0 Å². The molecule has 1 amide bonds. The first-order valence-electron chi connectivity index (χ1n) is 4.21. The molecule has 0 saturated heterocycles. The van der Waals surface area contributed by atoms with E-state index in [1.54, 1.807) is 17.8 Å². The maximum Gasteiger partial charge on any atom is 0.248 e. The highest BCUT2D eigenvalue weighted by molar-refractivity contribution is 8.02. The minimum absolute atomic E-state index is 0.390. The molecule has 1 aliphatic heterocycles. The van der Waals surface area contributed by atoms with Crippen molar-refractivity contribution in [2.24, 2.45) is 5.73 Å². The molecule has 2 rings (SSSR count). The fourth-order valence-corrected chi connectivity index (χ4v) is 2.04. The van der Waals surface area contributed by atoms with Crippen molar-refractivity contribution in [3.05, 3.63) is 46.9 Å². The second-order valence-electron chi connectivity index (χ2n) is 2.92. The lowest BCUT2D eigenvalue weighted by Crippen LogP contribution is -2.11. The fourth-order valence-electron chi connectivity index (χ4n) is 1.26. The normalized spacial score (nSPS) is 14.1. The Balaban J connectivity index is 2.51. The second-order valence-corrected chi connectivity index (χ2v) is 3.87. The van der Waals surface area contributed by atoms with Gasteiger partial charge in [0.1, 0.15) is 0 Å². The predicted octanol–water partition coefficient (Wildman–Crippen LogP) is 2.17. The van der Waals surface area contributed by atoms with E-state index in [9.17, 15) is 4.79 Å². The molecule has 1 aliphatic rings. The molecule has 0 unspecified atom stereocenters. The third kappa shape index (κ3) is 1.72. The van der Waals surface area contributed by atoms with Crippen LogP contribution in [0.4, 0.5) is 0 Å². The van der Waals surface area contributed by atoms with Gasteiger partial charge in [0.25, 0.3) is 0 Å². The van der Waals surface area contributed by atoms with E-state index < -0.39 is 5.91 Å². The second kappa shape index (κ2) is 3.72. The van der Waals surface area contributed by atoms with Crippen LogP contribution in [0.5, 0.6) is 0 Å². The van der Waals surface area contributed by atoms with Crippen LogP contribution in [0.2, 0.25) is 0 Å². The average molecular weight is 203 g/mol. The predicted molar refractivity (Wildman–Crippen MR) is 58.6 cm³/mol. The summed E-state index contributed by atoms with van der Waals surface area (Å²) in [6.07, 6.45) is 3.56. The largest absolute Gasteiger partial charge is 0.366 e. The van der Waals surface area contributed by atoms with Gasteiger partial charge in [-0.05, 0) is 29.2 Å². The number of primary amides is 1. The standard InChI is InChI=1S/C11H9NOS/c12-11(13)9-5-6-14-10-4-2-1-3-8(10)7-9/h1-7H,(H2,12,13). The van der Waals surface area contributed by atoms with Gasteiger partial charge < -0.3 is 5.73 Å². The van der Waals surface area contributed by atoms with E-state index in [2.05, 4.69) is 0 Å². The quantitative estimate of drug-likeness (QED) is 0.760. The van der Waals surface area contributed by atoms with Crippen molar-refractivity contribution in [3.63, 3.8) is 0 Å². The van der Waals surface area contributed by atoms with E-state index >= 15 is 0 Å². The van der Waals surface area contributed by atoms with Crippen molar-refractivity contribution in [2.45, 2.75) is 4.90 Å². The molecule has 0 aliphatic carbocycles. The molecule has 1 aromatic rings. The summed E-state index contributed by atoms with van der Waals surface area (Å²) in [4.78, 5) is 12.1. The number of fused-ring (bicyclic) bond motifs is 1. The molecule has 0 radical (unpaired) electrons. The maximum atomic E-state index is 11.0. The summed E-state index contributed by atoms with van der Waals surface area (Å²) in [7, 11) is 0. The number of carbonyl (C=O) groups excluding carboxylic acids is 1. The van der Waals surface area contributed by atoms with Crippen LogP contribution in [0.3, 0.4) is 0 Å². The summed E-state index contributed by atoms with van der Waals surface area (Å²) in [5.74, 6) is -0.390. The average Bonchev–Trinajstić information content (AvgIpc) is 2.39. The van der Waals surface area contributed by atoms with Gasteiger partial charge in [0.2, 0.25) is 5.91 Å². The first-order valence-corrected chi connectivity index (χ1v) is 5.09. The van der Waals surface area contributed by atoms with Crippen LogP contribution in [0.25, 0.3) is 6.08 Å². The van der Waals surface area contributed by atoms with E-state index in [0.717, 1.165) is 10.5 Å². The molecule has 0 spiro atoms. The summed E-state index contributed by atoms with van der Waals surface area (Å²) < 4.78 is 0. The Morgan fingerprint density at radius 3 is 2.86 bits per heavy atom. The summed E-state index contributed by atoms with van der Waals surface area (Å²) in [5, 5.41) is 1.88. The summed E-state index contributed by atoms with van der Waals surface area (Å²) in [5.41, 5.74) is 6.81. The SMILES string of the molecule is NC(=O)C1=Cc2ccccc2SC=C1. The molecular formula is C11H9NOS.